The molecule has 2 unspecified atom stereocenters. The first-order valence-electron chi connectivity index (χ1n) is 6.87. The van der Waals surface area contributed by atoms with Gasteiger partial charge in [-0.3, -0.25) is 0 Å². The van der Waals surface area contributed by atoms with Gasteiger partial charge in [-0.05, 0) is 45.5 Å². The van der Waals surface area contributed by atoms with Gasteiger partial charge in [0.1, 0.15) is 5.75 Å². The SMILES string of the molecule is CC1CC(NCCCOc2ccccc2)CN1C. The number of hydrogen-bond donors (Lipinski definition) is 1. The van der Waals surface area contributed by atoms with Crippen LogP contribution in [0.2, 0.25) is 0 Å². The molecule has 0 bridgehead atoms. The van der Waals surface area contributed by atoms with E-state index in [2.05, 4.69) is 24.2 Å². The van der Waals surface area contributed by atoms with Crippen molar-refractivity contribution in [2.24, 2.45) is 0 Å². The number of nitrogens with one attached hydrogen (secondary N) is 1. The Kier molecular flexibility index (Phi) is 5.02. The van der Waals surface area contributed by atoms with Crippen LogP contribution in [0.3, 0.4) is 0 Å². The third-order valence-electron chi connectivity index (χ3n) is 3.65. The maximum atomic E-state index is 5.66. The second-order valence-electron chi connectivity index (χ2n) is 5.19. The van der Waals surface area contributed by atoms with Gasteiger partial charge in [0.2, 0.25) is 0 Å². The molecule has 3 heteroatoms. The van der Waals surface area contributed by atoms with E-state index in [1.807, 2.05) is 30.3 Å². The molecule has 1 saturated heterocycles. The van der Waals surface area contributed by atoms with Gasteiger partial charge in [-0.15, -0.1) is 0 Å². The van der Waals surface area contributed by atoms with Crippen LogP contribution < -0.4 is 10.1 Å². The molecular formula is C15H24N2O. The molecule has 0 radical (unpaired) electrons. The van der Waals surface area contributed by atoms with Gasteiger partial charge in [0.15, 0.2) is 0 Å². The van der Waals surface area contributed by atoms with E-state index < -0.39 is 0 Å². The molecule has 2 rings (SSSR count). The maximum absolute atomic E-state index is 5.66. The minimum Gasteiger partial charge on any atom is -0.494 e. The summed E-state index contributed by atoms with van der Waals surface area (Å²) in [5.74, 6) is 0.965. The van der Waals surface area contributed by atoms with Crippen molar-refractivity contribution in [2.45, 2.75) is 31.8 Å². The molecule has 18 heavy (non-hydrogen) atoms. The summed E-state index contributed by atoms with van der Waals surface area (Å²) in [7, 11) is 2.20. The van der Waals surface area contributed by atoms with Gasteiger partial charge < -0.3 is 15.0 Å². The molecule has 0 aromatic heterocycles. The third-order valence-corrected chi connectivity index (χ3v) is 3.65. The molecule has 1 aliphatic rings. The Morgan fingerprint density at radius 1 is 1.33 bits per heavy atom. The molecule has 1 heterocycles. The number of hydrogen-bond acceptors (Lipinski definition) is 3. The van der Waals surface area contributed by atoms with E-state index in [1.54, 1.807) is 0 Å². The Hall–Kier alpha value is -1.06. The van der Waals surface area contributed by atoms with Gasteiger partial charge in [-0.2, -0.15) is 0 Å². The van der Waals surface area contributed by atoms with Gasteiger partial charge in [-0.25, -0.2) is 0 Å². The average molecular weight is 248 g/mol. The maximum Gasteiger partial charge on any atom is 0.119 e. The Bertz CT molecular complexity index is 332. The lowest BCUT2D eigenvalue weighted by atomic mass is 10.2. The molecule has 1 fully saturated rings. The van der Waals surface area contributed by atoms with E-state index in [0.29, 0.717) is 12.1 Å². The summed E-state index contributed by atoms with van der Waals surface area (Å²) < 4.78 is 5.66. The first-order valence-corrected chi connectivity index (χ1v) is 6.87. The molecule has 1 aromatic rings. The fraction of sp³-hybridized carbons (Fsp3) is 0.600. The van der Waals surface area contributed by atoms with Crippen LogP contribution in [0.1, 0.15) is 19.8 Å². The zero-order valence-corrected chi connectivity index (χ0v) is 11.4. The van der Waals surface area contributed by atoms with Crippen LogP contribution in [0, 0.1) is 0 Å². The Morgan fingerprint density at radius 2 is 2.11 bits per heavy atom. The van der Waals surface area contributed by atoms with Crippen LogP contribution in [0.5, 0.6) is 5.75 Å². The summed E-state index contributed by atoms with van der Waals surface area (Å²) in [5.41, 5.74) is 0. The third kappa shape index (κ3) is 4.00. The fourth-order valence-corrected chi connectivity index (χ4v) is 2.43. The highest BCUT2D eigenvalue weighted by Crippen LogP contribution is 2.14. The highest BCUT2D eigenvalue weighted by molar-refractivity contribution is 5.20. The minimum absolute atomic E-state index is 0.654. The van der Waals surface area contributed by atoms with Crippen molar-refractivity contribution >= 4 is 0 Å². The van der Waals surface area contributed by atoms with Gasteiger partial charge in [-0.1, -0.05) is 18.2 Å². The number of benzene rings is 1. The van der Waals surface area contributed by atoms with Crippen molar-refractivity contribution in [3.05, 3.63) is 30.3 Å². The van der Waals surface area contributed by atoms with Gasteiger partial charge >= 0.3 is 0 Å². The molecule has 0 saturated carbocycles. The molecule has 3 nitrogen and oxygen atoms in total. The van der Waals surface area contributed by atoms with Crippen molar-refractivity contribution in [3.63, 3.8) is 0 Å². The molecule has 100 valence electrons. The quantitative estimate of drug-likeness (QED) is 0.781. The van der Waals surface area contributed by atoms with E-state index in [1.165, 1.54) is 13.0 Å². The summed E-state index contributed by atoms with van der Waals surface area (Å²) in [4.78, 5) is 2.41. The van der Waals surface area contributed by atoms with Crippen molar-refractivity contribution < 1.29 is 4.74 Å². The number of para-hydroxylation sites is 1. The highest BCUT2D eigenvalue weighted by atomic mass is 16.5. The van der Waals surface area contributed by atoms with Crippen molar-refractivity contribution in [2.75, 3.05) is 26.7 Å². The van der Waals surface area contributed by atoms with Crippen molar-refractivity contribution in [3.8, 4) is 5.75 Å². The first kappa shape index (κ1) is 13.4. The zero-order valence-electron chi connectivity index (χ0n) is 11.4. The predicted molar refractivity (Wildman–Crippen MR) is 75.1 cm³/mol. The first-order chi connectivity index (χ1) is 8.75. The van der Waals surface area contributed by atoms with Crippen LogP contribution >= 0.6 is 0 Å². The van der Waals surface area contributed by atoms with Crippen LogP contribution in [0.15, 0.2) is 30.3 Å². The summed E-state index contributed by atoms with van der Waals surface area (Å²) in [6.07, 6.45) is 2.32. The molecule has 0 aliphatic carbocycles. The van der Waals surface area contributed by atoms with Gasteiger partial charge in [0, 0.05) is 18.6 Å². The van der Waals surface area contributed by atoms with Crippen molar-refractivity contribution in [1.82, 2.24) is 10.2 Å². The lowest BCUT2D eigenvalue weighted by molar-refractivity contribution is 0.303. The average Bonchev–Trinajstić information content (AvgIpc) is 2.70. The number of likely N-dealkylation sites (N-methyl/N-ethyl adjacent to an activating group) is 1. The summed E-state index contributed by atoms with van der Waals surface area (Å²) in [5, 5.41) is 3.61. The number of ether oxygens (including phenoxy) is 1. The van der Waals surface area contributed by atoms with E-state index in [-0.39, 0.29) is 0 Å². The largest absolute Gasteiger partial charge is 0.494 e. The van der Waals surface area contributed by atoms with E-state index in [0.717, 1.165) is 25.3 Å². The molecule has 1 aromatic carbocycles. The predicted octanol–water partition coefficient (Wildman–Crippen LogP) is 2.14. The standard InChI is InChI=1S/C15H24N2O/c1-13-11-14(12-17(13)2)16-9-6-10-18-15-7-4-3-5-8-15/h3-5,7-8,13-14,16H,6,9-12H2,1-2H3. The summed E-state index contributed by atoms with van der Waals surface area (Å²) in [6, 6.07) is 11.4. The molecule has 0 amide bonds. The molecule has 1 N–H and O–H groups in total. The van der Waals surface area contributed by atoms with Gasteiger partial charge in [0.05, 0.1) is 6.61 Å². The molecular weight excluding hydrogens is 224 g/mol. The topological polar surface area (TPSA) is 24.5 Å². The summed E-state index contributed by atoms with van der Waals surface area (Å²) >= 11 is 0. The van der Waals surface area contributed by atoms with Crippen LogP contribution in [0.25, 0.3) is 0 Å². The number of nitrogens with zero attached hydrogens (tertiary/aromatic N) is 1. The fourth-order valence-electron chi connectivity index (χ4n) is 2.43. The zero-order chi connectivity index (χ0) is 12.8. The molecule has 1 aliphatic heterocycles. The smallest absolute Gasteiger partial charge is 0.119 e. The normalized spacial score (nSPS) is 24.3. The number of likely N-dealkylation sites (tertiary alicyclic amines) is 1. The molecule has 0 spiro atoms. The summed E-state index contributed by atoms with van der Waals surface area (Å²) in [6.45, 7) is 5.29. The second kappa shape index (κ2) is 6.76. The van der Waals surface area contributed by atoms with E-state index in [4.69, 9.17) is 4.74 Å². The second-order valence-corrected chi connectivity index (χ2v) is 5.19. The number of rotatable bonds is 6. The van der Waals surface area contributed by atoms with Crippen molar-refractivity contribution in [1.29, 1.82) is 0 Å². The van der Waals surface area contributed by atoms with E-state index >= 15 is 0 Å². The molecule has 2 atom stereocenters. The van der Waals surface area contributed by atoms with Gasteiger partial charge in [0.25, 0.3) is 0 Å². The minimum atomic E-state index is 0.654. The lowest BCUT2D eigenvalue weighted by Crippen LogP contribution is -2.32. The monoisotopic (exact) mass is 248 g/mol. The van der Waals surface area contributed by atoms with E-state index in [9.17, 15) is 0 Å². The Balaban J connectivity index is 1.54. The Morgan fingerprint density at radius 3 is 2.78 bits per heavy atom. The Labute approximate surface area is 110 Å². The van der Waals surface area contributed by atoms with Crippen LogP contribution in [-0.2, 0) is 0 Å². The van der Waals surface area contributed by atoms with Crippen LogP contribution in [-0.4, -0.2) is 43.7 Å². The lowest BCUT2D eigenvalue weighted by Gasteiger charge is -2.13. The van der Waals surface area contributed by atoms with Crippen LogP contribution in [0.4, 0.5) is 0 Å². The highest BCUT2D eigenvalue weighted by Gasteiger charge is 2.24.